The maximum Gasteiger partial charge on any atom is 0.0583 e. The summed E-state index contributed by atoms with van der Waals surface area (Å²) in [6.45, 7) is 18.6. The predicted octanol–water partition coefficient (Wildman–Crippen LogP) is 16.5. The molecule has 306 valence electrons. The molecule has 63 heavy (non-hydrogen) atoms. The van der Waals surface area contributed by atoms with Crippen molar-refractivity contribution in [1.29, 1.82) is 0 Å². The van der Waals surface area contributed by atoms with Crippen LogP contribution >= 0.6 is 0 Å². The second-order valence-electron chi connectivity index (χ2n) is 19.4. The molecule has 0 saturated carbocycles. The fourth-order valence-corrected chi connectivity index (χ4v) is 11.6. The van der Waals surface area contributed by atoms with E-state index in [2.05, 4.69) is 234 Å². The normalized spacial score (nSPS) is 14.3. The van der Waals surface area contributed by atoms with E-state index in [0.717, 1.165) is 11.4 Å². The summed E-state index contributed by atoms with van der Waals surface area (Å²) in [5, 5.41) is 7.47. The summed E-state index contributed by atoms with van der Waals surface area (Å²) < 4.78 is 2.65. The molecule has 0 fully saturated rings. The smallest absolute Gasteiger partial charge is 0.0583 e. The molecule has 9 aromatic carbocycles. The van der Waals surface area contributed by atoms with Crippen molar-refractivity contribution in [3.63, 3.8) is 0 Å². The van der Waals surface area contributed by atoms with Gasteiger partial charge in [0, 0.05) is 55.1 Å². The summed E-state index contributed by atoms with van der Waals surface area (Å²) in [7, 11) is 0. The molecule has 12 rings (SSSR count). The number of nitrogens with zero attached hydrogens (tertiary/aromatic N) is 3. The Hall–Kier alpha value is -7.10. The summed E-state index contributed by atoms with van der Waals surface area (Å²) >= 11 is 0. The highest BCUT2D eigenvalue weighted by Crippen LogP contribution is 2.58. The average molecular weight is 814 g/mol. The van der Waals surface area contributed by atoms with Crippen molar-refractivity contribution in [1.82, 2.24) is 4.57 Å². The van der Waals surface area contributed by atoms with Crippen molar-refractivity contribution < 1.29 is 0 Å². The molecule has 10 aromatic rings. The lowest BCUT2D eigenvalue weighted by atomic mass is 9.68. The number of aryl methyl sites for hydroxylation is 4. The first kappa shape index (κ1) is 37.6. The van der Waals surface area contributed by atoms with Gasteiger partial charge in [-0.1, -0.05) is 131 Å². The van der Waals surface area contributed by atoms with Crippen LogP contribution in [0.4, 0.5) is 34.1 Å². The van der Waals surface area contributed by atoms with Crippen molar-refractivity contribution in [2.75, 3.05) is 9.80 Å². The first-order valence-corrected chi connectivity index (χ1v) is 22.4. The molecule has 2 aliphatic rings. The molecule has 0 atom stereocenters. The van der Waals surface area contributed by atoms with Crippen molar-refractivity contribution in [2.24, 2.45) is 0 Å². The maximum atomic E-state index is 2.65. The SMILES string of the molecule is Cc1cc(C)cc(N(c2cc3c4c(c2)c2cc(N(c5cc(C)cc(C)c5)c5cccc6ccccc56)cc5c2n4-c2c(cccc2C5(C)C)C3(C)C)c2cccc3ccccc23)c1. The van der Waals surface area contributed by atoms with Gasteiger partial charge in [0.05, 0.1) is 28.1 Å². The van der Waals surface area contributed by atoms with E-state index in [9.17, 15) is 0 Å². The van der Waals surface area contributed by atoms with Crippen LogP contribution in [0.15, 0.2) is 164 Å². The van der Waals surface area contributed by atoms with Gasteiger partial charge in [0.2, 0.25) is 0 Å². The summed E-state index contributed by atoms with van der Waals surface area (Å²) in [6.07, 6.45) is 0. The van der Waals surface area contributed by atoms with E-state index in [0.29, 0.717) is 0 Å². The number of fused-ring (bicyclic) bond motifs is 3. The van der Waals surface area contributed by atoms with Gasteiger partial charge in [0.15, 0.2) is 0 Å². The van der Waals surface area contributed by atoms with Crippen LogP contribution in [0.3, 0.4) is 0 Å². The molecule has 3 heterocycles. The van der Waals surface area contributed by atoms with E-state index in [4.69, 9.17) is 0 Å². The van der Waals surface area contributed by atoms with Gasteiger partial charge in [0.25, 0.3) is 0 Å². The fraction of sp³-hybridized carbons (Fsp3) is 0.167. The van der Waals surface area contributed by atoms with E-state index < -0.39 is 0 Å². The van der Waals surface area contributed by atoms with E-state index in [1.807, 2.05) is 0 Å². The van der Waals surface area contributed by atoms with Crippen molar-refractivity contribution in [3.8, 4) is 5.69 Å². The van der Waals surface area contributed by atoms with E-state index in [-0.39, 0.29) is 10.8 Å². The van der Waals surface area contributed by atoms with Gasteiger partial charge in [-0.25, -0.2) is 0 Å². The molecule has 0 unspecified atom stereocenters. The Bertz CT molecular complexity index is 3300. The van der Waals surface area contributed by atoms with Gasteiger partial charge in [-0.05, 0) is 144 Å². The minimum Gasteiger partial charge on any atom is -0.310 e. The fourth-order valence-electron chi connectivity index (χ4n) is 11.6. The van der Waals surface area contributed by atoms with Crippen LogP contribution in [0, 0.1) is 27.7 Å². The van der Waals surface area contributed by atoms with Gasteiger partial charge in [-0.15, -0.1) is 0 Å². The van der Waals surface area contributed by atoms with E-state index in [1.54, 1.807) is 0 Å². The zero-order valence-electron chi connectivity index (χ0n) is 37.4. The number of para-hydroxylation sites is 1. The number of hydrogen-bond acceptors (Lipinski definition) is 2. The van der Waals surface area contributed by atoms with Crippen LogP contribution in [0.5, 0.6) is 0 Å². The van der Waals surface area contributed by atoms with Gasteiger partial charge >= 0.3 is 0 Å². The highest BCUT2D eigenvalue weighted by molar-refractivity contribution is 6.17. The topological polar surface area (TPSA) is 11.4 Å². The first-order chi connectivity index (χ1) is 30.4. The van der Waals surface area contributed by atoms with Crippen molar-refractivity contribution in [2.45, 2.75) is 66.2 Å². The van der Waals surface area contributed by atoms with Gasteiger partial charge in [0.1, 0.15) is 0 Å². The number of hydrogen-bond donors (Lipinski definition) is 0. The Morgan fingerprint density at radius 1 is 0.349 bits per heavy atom. The lowest BCUT2D eigenvalue weighted by Gasteiger charge is -2.42. The molecule has 0 amide bonds. The number of rotatable bonds is 6. The number of benzene rings is 9. The van der Waals surface area contributed by atoms with Gasteiger partial charge in [-0.2, -0.15) is 0 Å². The lowest BCUT2D eigenvalue weighted by Crippen LogP contribution is -2.33. The van der Waals surface area contributed by atoms with Crippen LogP contribution in [0.25, 0.3) is 49.0 Å². The average Bonchev–Trinajstić information content (AvgIpc) is 3.58. The van der Waals surface area contributed by atoms with Crippen molar-refractivity contribution >= 4 is 77.5 Å². The molecular formula is C60H51N3. The maximum absolute atomic E-state index is 2.65. The highest BCUT2D eigenvalue weighted by Gasteiger charge is 2.44. The third-order valence-electron chi connectivity index (χ3n) is 14.3. The minimum atomic E-state index is -0.276. The third kappa shape index (κ3) is 5.39. The van der Waals surface area contributed by atoms with Crippen molar-refractivity contribution in [3.05, 3.63) is 208 Å². The van der Waals surface area contributed by atoms with Crippen LogP contribution in [0.2, 0.25) is 0 Å². The monoisotopic (exact) mass is 813 g/mol. The Morgan fingerprint density at radius 3 is 1.14 bits per heavy atom. The Labute approximate surface area is 370 Å². The standard InChI is InChI=1S/C60H51N3/c1-36-26-37(2)29-42(28-36)61(54-24-13-18-40-16-9-11-20-46(40)54)44-32-48-49-33-45(62(43-30-38(3)27-39(4)31-43)55-25-14-19-41-17-10-12-21-47(41)55)35-53-57(49)63-56(48)52(34-44)59(5,6)50-22-15-23-51(58(50)63)60(53,7)8/h9-35H,1-8H3. The number of aromatic nitrogens is 1. The molecule has 3 heteroatoms. The first-order valence-electron chi connectivity index (χ1n) is 22.4. The largest absolute Gasteiger partial charge is 0.310 e. The quantitative estimate of drug-likeness (QED) is 0.166. The molecular weight excluding hydrogens is 763 g/mol. The second kappa shape index (κ2) is 13.2. The molecule has 0 aliphatic carbocycles. The van der Waals surface area contributed by atoms with Gasteiger partial charge < -0.3 is 14.4 Å². The van der Waals surface area contributed by atoms with Crippen LogP contribution in [0.1, 0.15) is 72.2 Å². The van der Waals surface area contributed by atoms with Crippen LogP contribution in [-0.4, -0.2) is 4.57 Å². The van der Waals surface area contributed by atoms with Crippen LogP contribution in [-0.2, 0) is 10.8 Å². The molecule has 0 saturated heterocycles. The molecule has 0 spiro atoms. The summed E-state index contributed by atoms with van der Waals surface area (Å²) in [4.78, 5) is 5.05. The molecule has 1 aromatic heterocycles. The van der Waals surface area contributed by atoms with Gasteiger partial charge in [-0.3, -0.25) is 0 Å². The lowest BCUT2D eigenvalue weighted by molar-refractivity contribution is 0.593. The Kier molecular flexibility index (Phi) is 7.89. The zero-order chi connectivity index (χ0) is 43.1. The second-order valence-corrected chi connectivity index (χ2v) is 19.4. The molecule has 0 radical (unpaired) electrons. The molecule has 0 bridgehead atoms. The summed E-state index contributed by atoms with van der Waals surface area (Å²) in [6, 6.07) is 62.2. The summed E-state index contributed by atoms with van der Waals surface area (Å²) in [5.74, 6) is 0. The third-order valence-corrected chi connectivity index (χ3v) is 14.3. The zero-order valence-corrected chi connectivity index (χ0v) is 37.4. The van der Waals surface area contributed by atoms with E-state index >= 15 is 0 Å². The number of anilines is 6. The van der Waals surface area contributed by atoms with E-state index in [1.165, 1.54) is 116 Å². The predicted molar refractivity (Wildman–Crippen MR) is 268 cm³/mol. The Balaban J connectivity index is 1.24. The highest BCUT2D eigenvalue weighted by atomic mass is 15.2. The molecule has 0 N–H and O–H groups in total. The Morgan fingerprint density at radius 2 is 0.714 bits per heavy atom. The summed E-state index contributed by atoms with van der Waals surface area (Å²) in [5.41, 5.74) is 20.9. The molecule has 2 aliphatic heterocycles. The van der Waals surface area contributed by atoms with Crippen LogP contribution < -0.4 is 9.80 Å². The molecule has 3 nitrogen and oxygen atoms in total. The minimum absolute atomic E-state index is 0.276.